The van der Waals surface area contributed by atoms with Crippen molar-refractivity contribution in [1.29, 1.82) is 0 Å². The van der Waals surface area contributed by atoms with E-state index in [1.54, 1.807) is 24.1 Å². The van der Waals surface area contributed by atoms with Gasteiger partial charge in [0.15, 0.2) is 0 Å². The average molecular weight is 323 g/mol. The number of ether oxygens (including phenoxy) is 1. The van der Waals surface area contributed by atoms with Gasteiger partial charge in [0.1, 0.15) is 5.69 Å². The molecule has 0 bridgehead atoms. The Labute approximate surface area is 134 Å². The molecular weight excluding hydrogens is 304 g/mol. The lowest BCUT2D eigenvalue weighted by Crippen LogP contribution is -2.31. The minimum absolute atomic E-state index is 0.0155. The molecule has 0 aromatic carbocycles. The fraction of sp³-hybridized carbons (Fsp3) is 0.467. The zero-order valence-corrected chi connectivity index (χ0v) is 13.6. The van der Waals surface area contributed by atoms with Crippen LogP contribution in [-0.4, -0.2) is 39.2 Å². The number of carbonyl (C=O) groups is 1. The van der Waals surface area contributed by atoms with E-state index < -0.39 is 0 Å². The zero-order chi connectivity index (χ0) is 15.9. The van der Waals surface area contributed by atoms with E-state index in [4.69, 9.17) is 16.3 Å². The number of rotatable bonds is 3. The Hall–Kier alpha value is -1.95. The molecule has 0 unspecified atom stereocenters. The first-order chi connectivity index (χ1) is 10.5. The predicted octanol–water partition coefficient (Wildman–Crippen LogP) is 2.70. The van der Waals surface area contributed by atoms with Crippen molar-refractivity contribution >= 4 is 17.5 Å². The second kappa shape index (κ2) is 5.68. The highest BCUT2D eigenvalue weighted by Crippen LogP contribution is 2.39. The molecule has 7 heteroatoms. The molecule has 2 aromatic rings. The maximum atomic E-state index is 12.7. The summed E-state index contributed by atoms with van der Waals surface area (Å²) < 4.78 is 7.20. The van der Waals surface area contributed by atoms with Crippen LogP contribution in [0.1, 0.15) is 40.6 Å². The van der Waals surface area contributed by atoms with Gasteiger partial charge in [-0.25, -0.2) is 4.68 Å². The lowest BCUT2D eigenvalue weighted by molar-refractivity contribution is 0.0728. The Morgan fingerprint density at radius 1 is 1.55 bits per heavy atom. The molecule has 1 amide bonds. The van der Waals surface area contributed by atoms with Crippen molar-refractivity contribution in [3.8, 4) is 5.88 Å². The van der Waals surface area contributed by atoms with Crippen LogP contribution in [0.5, 0.6) is 5.88 Å². The van der Waals surface area contributed by atoms with Crippen molar-refractivity contribution in [1.82, 2.24) is 19.7 Å². The van der Waals surface area contributed by atoms with Crippen LogP contribution in [0.3, 0.4) is 0 Å². The van der Waals surface area contributed by atoms with Crippen LogP contribution < -0.4 is 4.74 Å². The van der Waals surface area contributed by atoms with Gasteiger partial charge >= 0.3 is 0 Å². The SMILES string of the molecule is COc1c([C@H]2CCCN2C(=O)c2cc(Cl)c[nH]2)c(C)nn1C. The third kappa shape index (κ3) is 2.37. The van der Waals surface area contributed by atoms with Gasteiger partial charge < -0.3 is 14.6 Å². The van der Waals surface area contributed by atoms with E-state index >= 15 is 0 Å². The fourth-order valence-corrected chi connectivity index (χ4v) is 3.40. The Kier molecular flexibility index (Phi) is 3.87. The molecule has 1 aliphatic rings. The van der Waals surface area contributed by atoms with Crippen LogP contribution in [0.2, 0.25) is 5.02 Å². The third-order valence-electron chi connectivity index (χ3n) is 4.13. The van der Waals surface area contributed by atoms with Crippen molar-refractivity contribution in [3.63, 3.8) is 0 Å². The maximum Gasteiger partial charge on any atom is 0.270 e. The molecule has 1 N–H and O–H groups in total. The number of aromatic nitrogens is 3. The van der Waals surface area contributed by atoms with E-state index in [9.17, 15) is 4.79 Å². The minimum Gasteiger partial charge on any atom is -0.481 e. The van der Waals surface area contributed by atoms with Crippen molar-refractivity contribution in [3.05, 3.63) is 34.2 Å². The largest absolute Gasteiger partial charge is 0.481 e. The molecule has 118 valence electrons. The Morgan fingerprint density at radius 2 is 2.32 bits per heavy atom. The molecule has 0 radical (unpaired) electrons. The summed E-state index contributed by atoms with van der Waals surface area (Å²) in [6.45, 7) is 2.67. The van der Waals surface area contributed by atoms with Gasteiger partial charge in [-0.05, 0) is 25.8 Å². The summed E-state index contributed by atoms with van der Waals surface area (Å²) in [5.74, 6) is 0.673. The van der Waals surface area contributed by atoms with Gasteiger partial charge in [-0.2, -0.15) is 5.10 Å². The first-order valence-corrected chi connectivity index (χ1v) is 7.63. The highest BCUT2D eigenvalue weighted by Gasteiger charge is 2.35. The Bertz CT molecular complexity index is 706. The lowest BCUT2D eigenvalue weighted by Gasteiger charge is -2.24. The van der Waals surface area contributed by atoms with Crippen LogP contribution in [0, 0.1) is 6.92 Å². The number of amides is 1. The summed E-state index contributed by atoms with van der Waals surface area (Å²) in [7, 11) is 3.48. The number of carbonyl (C=O) groups excluding carboxylic acids is 1. The number of H-pyrrole nitrogens is 1. The van der Waals surface area contributed by atoms with Crippen molar-refractivity contribution in [2.24, 2.45) is 7.05 Å². The summed E-state index contributed by atoms with van der Waals surface area (Å²) in [5.41, 5.74) is 2.40. The maximum absolute atomic E-state index is 12.7. The van der Waals surface area contributed by atoms with Crippen molar-refractivity contribution in [2.75, 3.05) is 13.7 Å². The first kappa shape index (κ1) is 15.0. The van der Waals surface area contributed by atoms with E-state index in [2.05, 4.69) is 10.1 Å². The molecule has 6 nitrogen and oxygen atoms in total. The highest BCUT2D eigenvalue weighted by atomic mass is 35.5. The number of methoxy groups -OCH3 is 1. The highest BCUT2D eigenvalue weighted by molar-refractivity contribution is 6.30. The van der Waals surface area contributed by atoms with Gasteiger partial charge in [-0.1, -0.05) is 11.6 Å². The molecule has 3 heterocycles. The molecule has 0 saturated carbocycles. The second-order valence-corrected chi connectivity index (χ2v) is 5.96. The Balaban J connectivity index is 1.95. The number of aryl methyl sites for hydroxylation is 2. The first-order valence-electron chi connectivity index (χ1n) is 7.25. The van der Waals surface area contributed by atoms with Gasteiger partial charge in [-0.15, -0.1) is 0 Å². The molecule has 2 aromatic heterocycles. The van der Waals surface area contributed by atoms with Crippen LogP contribution in [0.15, 0.2) is 12.3 Å². The predicted molar refractivity (Wildman–Crippen MR) is 83.3 cm³/mol. The summed E-state index contributed by atoms with van der Waals surface area (Å²) >= 11 is 5.91. The summed E-state index contributed by atoms with van der Waals surface area (Å²) in [4.78, 5) is 17.5. The van der Waals surface area contributed by atoms with Gasteiger partial charge in [0.05, 0.1) is 29.4 Å². The molecule has 3 rings (SSSR count). The average Bonchev–Trinajstić information content (AvgIpc) is 3.16. The standard InChI is InChI=1S/C15H19ClN4O2/c1-9-13(15(22-3)19(2)18-9)12-5-4-6-20(12)14(21)11-7-10(16)8-17-11/h7-8,12,17H,4-6H2,1-3H3/t12-/m1/s1. The number of hydrogen-bond acceptors (Lipinski definition) is 3. The monoisotopic (exact) mass is 322 g/mol. The second-order valence-electron chi connectivity index (χ2n) is 5.52. The smallest absolute Gasteiger partial charge is 0.270 e. The fourth-order valence-electron chi connectivity index (χ4n) is 3.24. The van der Waals surface area contributed by atoms with Crippen LogP contribution in [0.25, 0.3) is 0 Å². The number of nitrogens with one attached hydrogen (secondary N) is 1. The molecule has 1 saturated heterocycles. The summed E-state index contributed by atoms with van der Waals surface area (Å²) in [5, 5.41) is 4.96. The third-order valence-corrected chi connectivity index (χ3v) is 4.35. The van der Waals surface area contributed by atoms with E-state index in [-0.39, 0.29) is 11.9 Å². The van der Waals surface area contributed by atoms with E-state index in [0.717, 1.165) is 30.6 Å². The van der Waals surface area contributed by atoms with E-state index in [1.165, 1.54) is 0 Å². The number of likely N-dealkylation sites (tertiary alicyclic amines) is 1. The molecule has 1 atom stereocenters. The van der Waals surface area contributed by atoms with Crippen molar-refractivity contribution in [2.45, 2.75) is 25.8 Å². The minimum atomic E-state index is -0.0419. The number of aromatic amines is 1. The Morgan fingerprint density at radius 3 is 2.95 bits per heavy atom. The number of halogens is 1. The topological polar surface area (TPSA) is 63.1 Å². The van der Waals surface area contributed by atoms with Crippen LogP contribution in [-0.2, 0) is 7.05 Å². The molecule has 0 spiro atoms. The molecule has 1 fully saturated rings. The molecule has 0 aliphatic carbocycles. The zero-order valence-electron chi connectivity index (χ0n) is 12.9. The van der Waals surface area contributed by atoms with Crippen LogP contribution >= 0.6 is 11.6 Å². The van der Waals surface area contributed by atoms with Gasteiger partial charge in [0, 0.05) is 19.8 Å². The van der Waals surface area contributed by atoms with Gasteiger partial charge in [-0.3, -0.25) is 4.79 Å². The van der Waals surface area contributed by atoms with E-state index in [1.807, 2.05) is 18.9 Å². The molecule has 22 heavy (non-hydrogen) atoms. The summed E-state index contributed by atoms with van der Waals surface area (Å²) in [6, 6.07) is 1.64. The summed E-state index contributed by atoms with van der Waals surface area (Å²) in [6.07, 6.45) is 3.49. The normalized spacial score (nSPS) is 18.0. The number of hydrogen-bond donors (Lipinski definition) is 1. The van der Waals surface area contributed by atoms with Gasteiger partial charge in [0.2, 0.25) is 5.88 Å². The lowest BCUT2D eigenvalue weighted by atomic mass is 10.0. The van der Waals surface area contributed by atoms with Crippen molar-refractivity contribution < 1.29 is 9.53 Å². The van der Waals surface area contributed by atoms with E-state index in [0.29, 0.717) is 16.6 Å². The quantitative estimate of drug-likeness (QED) is 0.945. The van der Waals surface area contributed by atoms with Crippen LogP contribution in [0.4, 0.5) is 0 Å². The van der Waals surface area contributed by atoms with Gasteiger partial charge in [0.25, 0.3) is 5.91 Å². The molecular formula is C15H19ClN4O2. The number of nitrogens with zero attached hydrogens (tertiary/aromatic N) is 3. The molecule has 1 aliphatic heterocycles.